The lowest BCUT2D eigenvalue weighted by atomic mass is 9.95. The van der Waals surface area contributed by atoms with Crippen molar-refractivity contribution in [3.8, 4) is 0 Å². The van der Waals surface area contributed by atoms with Gasteiger partial charge in [-0.05, 0) is 41.0 Å². The summed E-state index contributed by atoms with van der Waals surface area (Å²) in [6.07, 6.45) is 1.98. The largest absolute Gasteiger partial charge is 0.418 e. The standard InChI is InChI=1S/C19H15F3N4O/c20-19(21,22)15-5-2-8-25-16(15)12-4-1-3-11-6-7-13(10-14(11)9-12)17(27)26-18(23)24/h1-8,10H,9H2,(H4,23,24,26,27). The molecule has 138 valence electrons. The van der Waals surface area contributed by atoms with Crippen LogP contribution in [0.1, 0.15) is 32.7 Å². The number of aliphatic imine (C=N–C) groups is 1. The van der Waals surface area contributed by atoms with Gasteiger partial charge in [-0.2, -0.15) is 18.2 Å². The van der Waals surface area contributed by atoms with E-state index in [4.69, 9.17) is 11.5 Å². The van der Waals surface area contributed by atoms with Gasteiger partial charge in [-0.1, -0.05) is 24.3 Å². The third-order valence-corrected chi connectivity index (χ3v) is 3.99. The van der Waals surface area contributed by atoms with Gasteiger partial charge in [0.05, 0.1) is 11.3 Å². The maximum absolute atomic E-state index is 13.3. The number of carbonyl (C=O) groups excluding carboxylic acids is 1. The normalized spacial score (nSPS) is 13.4. The molecule has 5 nitrogen and oxygen atoms in total. The van der Waals surface area contributed by atoms with Crippen LogP contribution < -0.4 is 11.5 Å². The van der Waals surface area contributed by atoms with E-state index < -0.39 is 17.6 Å². The maximum atomic E-state index is 13.3. The molecule has 1 aliphatic carbocycles. The molecule has 27 heavy (non-hydrogen) atoms. The van der Waals surface area contributed by atoms with Crippen molar-refractivity contribution in [2.45, 2.75) is 12.6 Å². The number of aromatic nitrogens is 1. The summed E-state index contributed by atoms with van der Waals surface area (Å²) in [4.78, 5) is 19.4. The fourth-order valence-electron chi connectivity index (χ4n) is 2.82. The first-order chi connectivity index (χ1) is 12.8. The number of guanidine groups is 1. The van der Waals surface area contributed by atoms with Crippen molar-refractivity contribution in [2.24, 2.45) is 16.5 Å². The molecule has 8 heteroatoms. The van der Waals surface area contributed by atoms with E-state index in [9.17, 15) is 18.0 Å². The molecule has 1 aromatic heterocycles. The molecule has 4 N–H and O–H groups in total. The topological polar surface area (TPSA) is 94.4 Å². The van der Waals surface area contributed by atoms with Crippen molar-refractivity contribution in [2.75, 3.05) is 0 Å². The second kappa shape index (κ2) is 7.06. The lowest BCUT2D eigenvalue weighted by molar-refractivity contribution is -0.138. The molecule has 0 atom stereocenters. The van der Waals surface area contributed by atoms with Crippen LogP contribution in [0.5, 0.6) is 0 Å². The summed E-state index contributed by atoms with van der Waals surface area (Å²) in [5.74, 6) is -0.982. The summed E-state index contributed by atoms with van der Waals surface area (Å²) < 4.78 is 40.0. The Balaban J connectivity index is 2.02. The van der Waals surface area contributed by atoms with Gasteiger partial charge in [0.2, 0.25) is 0 Å². The van der Waals surface area contributed by atoms with Crippen LogP contribution in [0.25, 0.3) is 11.6 Å². The van der Waals surface area contributed by atoms with E-state index >= 15 is 0 Å². The molecule has 1 heterocycles. The third kappa shape index (κ3) is 4.05. The van der Waals surface area contributed by atoms with Gasteiger partial charge in [-0.15, -0.1) is 0 Å². The number of alkyl halides is 3. The van der Waals surface area contributed by atoms with Crippen molar-refractivity contribution in [1.29, 1.82) is 0 Å². The van der Waals surface area contributed by atoms with Crippen molar-refractivity contribution in [3.63, 3.8) is 0 Å². The number of fused-ring (bicyclic) bond motifs is 1. The van der Waals surface area contributed by atoms with Crippen LogP contribution in [0.3, 0.4) is 0 Å². The maximum Gasteiger partial charge on any atom is 0.418 e. The molecule has 2 aromatic rings. The Morgan fingerprint density at radius 3 is 2.67 bits per heavy atom. The molecule has 0 saturated heterocycles. The molecule has 0 saturated carbocycles. The number of hydrogen-bond donors (Lipinski definition) is 2. The molecular weight excluding hydrogens is 357 g/mol. The average Bonchev–Trinajstić information content (AvgIpc) is 2.82. The Kier molecular flexibility index (Phi) is 4.81. The molecule has 0 unspecified atom stereocenters. The smallest absolute Gasteiger partial charge is 0.370 e. The number of pyridine rings is 1. The van der Waals surface area contributed by atoms with E-state index in [1.807, 2.05) is 0 Å². The lowest BCUT2D eigenvalue weighted by Crippen LogP contribution is -2.24. The van der Waals surface area contributed by atoms with Crippen LogP contribution >= 0.6 is 0 Å². The summed E-state index contributed by atoms with van der Waals surface area (Å²) in [6.45, 7) is 0. The Bertz CT molecular complexity index is 987. The quantitative estimate of drug-likeness (QED) is 0.625. The molecule has 3 rings (SSSR count). The minimum absolute atomic E-state index is 0.136. The van der Waals surface area contributed by atoms with Crippen LogP contribution in [-0.4, -0.2) is 16.9 Å². The second-order valence-corrected chi connectivity index (χ2v) is 5.88. The van der Waals surface area contributed by atoms with Crippen LogP contribution in [0.2, 0.25) is 0 Å². The SMILES string of the molecule is NC(N)=NC(=O)c1ccc2c(c1)CC(c1ncccc1C(F)(F)F)=CC=C2. The summed E-state index contributed by atoms with van der Waals surface area (Å²) in [5.41, 5.74) is 11.6. The average molecular weight is 372 g/mol. The monoisotopic (exact) mass is 372 g/mol. The van der Waals surface area contributed by atoms with Crippen molar-refractivity contribution < 1.29 is 18.0 Å². The van der Waals surface area contributed by atoms with Gasteiger partial charge in [0, 0.05) is 18.2 Å². The summed E-state index contributed by atoms with van der Waals surface area (Å²) >= 11 is 0. The minimum atomic E-state index is -4.52. The molecule has 0 bridgehead atoms. The van der Waals surface area contributed by atoms with Gasteiger partial charge in [-0.25, -0.2) is 0 Å². The Morgan fingerprint density at radius 1 is 1.19 bits per heavy atom. The number of rotatable bonds is 2. The Hall–Kier alpha value is -3.42. The first-order valence-corrected chi connectivity index (χ1v) is 7.92. The fourth-order valence-corrected chi connectivity index (χ4v) is 2.82. The predicted octanol–water partition coefficient (Wildman–Crippen LogP) is 3.17. The van der Waals surface area contributed by atoms with E-state index in [0.717, 1.165) is 11.6 Å². The Labute approximate surface area is 152 Å². The number of nitrogens with zero attached hydrogens (tertiary/aromatic N) is 2. The molecule has 1 amide bonds. The molecule has 1 aromatic carbocycles. The second-order valence-electron chi connectivity index (χ2n) is 5.88. The van der Waals surface area contributed by atoms with Gasteiger partial charge in [-0.3, -0.25) is 9.78 Å². The summed E-state index contributed by atoms with van der Waals surface area (Å²) in [5, 5.41) is 0. The highest BCUT2D eigenvalue weighted by atomic mass is 19.4. The molecule has 0 radical (unpaired) electrons. The first kappa shape index (κ1) is 18.4. The highest BCUT2D eigenvalue weighted by Crippen LogP contribution is 2.36. The van der Waals surface area contributed by atoms with Gasteiger partial charge in [0.25, 0.3) is 5.91 Å². The zero-order valence-electron chi connectivity index (χ0n) is 14.0. The summed E-state index contributed by atoms with van der Waals surface area (Å²) in [7, 11) is 0. The van der Waals surface area contributed by atoms with Gasteiger partial charge >= 0.3 is 6.18 Å². The van der Waals surface area contributed by atoms with Crippen LogP contribution in [0.4, 0.5) is 13.2 Å². The zero-order valence-corrected chi connectivity index (χ0v) is 14.0. The van der Waals surface area contributed by atoms with Crippen molar-refractivity contribution in [3.05, 3.63) is 76.6 Å². The third-order valence-electron chi connectivity index (χ3n) is 3.99. The molecule has 0 aliphatic heterocycles. The highest BCUT2D eigenvalue weighted by Gasteiger charge is 2.34. The number of benzene rings is 1. The molecule has 1 aliphatic rings. The number of halogens is 3. The predicted molar refractivity (Wildman–Crippen MR) is 96.5 cm³/mol. The first-order valence-electron chi connectivity index (χ1n) is 7.92. The van der Waals surface area contributed by atoms with Crippen LogP contribution in [0, 0.1) is 0 Å². The van der Waals surface area contributed by atoms with Crippen molar-refractivity contribution >= 4 is 23.5 Å². The minimum Gasteiger partial charge on any atom is -0.370 e. The van der Waals surface area contributed by atoms with Crippen LogP contribution in [-0.2, 0) is 12.6 Å². The number of nitrogens with two attached hydrogens (primary N) is 2. The lowest BCUT2D eigenvalue weighted by Gasteiger charge is -2.14. The van der Waals surface area contributed by atoms with E-state index in [0.29, 0.717) is 11.1 Å². The fraction of sp³-hybridized carbons (Fsp3) is 0.105. The molecular formula is C19H15F3N4O. The number of carbonyl (C=O) groups is 1. The van der Waals surface area contributed by atoms with Gasteiger partial charge < -0.3 is 11.5 Å². The zero-order chi connectivity index (χ0) is 19.6. The molecule has 0 fully saturated rings. The van der Waals surface area contributed by atoms with Gasteiger partial charge in [0.1, 0.15) is 0 Å². The summed E-state index contributed by atoms with van der Waals surface area (Å²) in [6, 6.07) is 7.08. The number of allylic oxidation sites excluding steroid dienone is 3. The van der Waals surface area contributed by atoms with E-state index in [1.54, 1.807) is 36.4 Å². The van der Waals surface area contributed by atoms with E-state index in [-0.39, 0.29) is 23.6 Å². The van der Waals surface area contributed by atoms with Crippen molar-refractivity contribution in [1.82, 2.24) is 4.98 Å². The van der Waals surface area contributed by atoms with E-state index in [2.05, 4.69) is 9.98 Å². The van der Waals surface area contributed by atoms with Crippen LogP contribution in [0.15, 0.2) is 53.7 Å². The number of amides is 1. The number of hydrogen-bond acceptors (Lipinski definition) is 2. The van der Waals surface area contributed by atoms with E-state index in [1.165, 1.54) is 12.3 Å². The highest BCUT2D eigenvalue weighted by molar-refractivity contribution is 6.02. The molecule has 0 spiro atoms. The Morgan fingerprint density at radius 2 is 1.96 bits per heavy atom. The van der Waals surface area contributed by atoms with Gasteiger partial charge in [0.15, 0.2) is 5.96 Å².